The lowest BCUT2D eigenvalue weighted by Crippen LogP contribution is -2.18. The van der Waals surface area contributed by atoms with Crippen LogP contribution in [0.5, 0.6) is 0 Å². The van der Waals surface area contributed by atoms with E-state index in [1.54, 1.807) is 0 Å². The van der Waals surface area contributed by atoms with Crippen LogP contribution < -0.4 is 4.90 Å². The van der Waals surface area contributed by atoms with Crippen LogP contribution in [0, 0.1) is 6.92 Å². The summed E-state index contributed by atoms with van der Waals surface area (Å²) in [7, 11) is 2.04. The standard InChI is InChI=1S/C16H17Cl2N/c1-12-6-8-13(9-7-12)11-19(2)16-14(10-17)4-3-5-15(16)18/h3-9H,10-11H2,1-2H3. The summed E-state index contributed by atoms with van der Waals surface area (Å²) < 4.78 is 0. The van der Waals surface area contributed by atoms with Crippen LogP contribution >= 0.6 is 23.2 Å². The Labute approximate surface area is 124 Å². The van der Waals surface area contributed by atoms with E-state index in [2.05, 4.69) is 36.1 Å². The van der Waals surface area contributed by atoms with Crippen molar-refractivity contribution in [2.24, 2.45) is 0 Å². The zero-order valence-electron chi connectivity index (χ0n) is 11.2. The maximum Gasteiger partial charge on any atom is 0.0642 e. The van der Waals surface area contributed by atoms with E-state index < -0.39 is 0 Å². The van der Waals surface area contributed by atoms with Gasteiger partial charge in [-0.2, -0.15) is 0 Å². The van der Waals surface area contributed by atoms with Gasteiger partial charge in [-0.25, -0.2) is 0 Å². The molecule has 19 heavy (non-hydrogen) atoms. The third kappa shape index (κ3) is 3.43. The second-order valence-corrected chi connectivity index (χ2v) is 5.40. The van der Waals surface area contributed by atoms with Crippen molar-refractivity contribution in [1.29, 1.82) is 0 Å². The van der Waals surface area contributed by atoms with Crippen LogP contribution in [0.3, 0.4) is 0 Å². The zero-order valence-corrected chi connectivity index (χ0v) is 12.7. The Morgan fingerprint density at radius 2 is 1.74 bits per heavy atom. The second kappa shape index (κ2) is 6.31. The molecule has 0 aromatic heterocycles. The van der Waals surface area contributed by atoms with Crippen molar-refractivity contribution >= 4 is 28.9 Å². The van der Waals surface area contributed by atoms with Gasteiger partial charge in [0.05, 0.1) is 10.7 Å². The van der Waals surface area contributed by atoms with Crippen molar-refractivity contribution in [1.82, 2.24) is 0 Å². The van der Waals surface area contributed by atoms with Gasteiger partial charge in [0.15, 0.2) is 0 Å². The van der Waals surface area contributed by atoms with E-state index in [1.807, 2.05) is 25.2 Å². The molecule has 0 fully saturated rings. The number of alkyl halides is 1. The summed E-state index contributed by atoms with van der Waals surface area (Å²) in [6.07, 6.45) is 0. The third-order valence-corrected chi connectivity index (χ3v) is 3.73. The van der Waals surface area contributed by atoms with Crippen LogP contribution in [0.4, 0.5) is 5.69 Å². The Bertz CT molecular complexity index is 549. The molecule has 0 unspecified atom stereocenters. The van der Waals surface area contributed by atoms with Crippen LogP contribution in [0.1, 0.15) is 16.7 Å². The average molecular weight is 294 g/mol. The molecule has 0 saturated carbocycles. The molecule has 100 valence electrons. The number of nitrogens with zero attached hydrogens (tertiary/aromatic N) is 1. The van der Waals surface area contributed by atoms with Crippen molar-refractivity contribution in [3.8, 4) is 0 Å². The van der Waals surface area contributed by atoms with E-state index in [4.69, 9.17) is 23.2 Å². The molecule has 3 heteroatoms. The first kappa shape index (κ1) is 14.2. The van der Waals surface area contributed by atoms with Crippen LogP contribution in [0.15, 0.2) is 42.5 Å². The molecule has 0 atom stereocenters. The van der Waals surface area contributed by atoms with Gasteiger partial charge in [-0.15, -0.1) is 11.6 Å². The van der Waals surface area contributed by atoms with Crippen molar-refractivity contribution in [2.45, 2.75) is 19.3 Å². The number of benzene rings is 2. The maximum absolute atomic E-state index is 6.29. The first-order valence-electron chi connectivity index (χ1n) is 6.22. The molecule has 0 heterocycles. The van der Waals surface area contributed by atoms with E-state index in [9.17, 15) is 0 Å². The van der Waals surface area contributed by atoms with Gasteiger partial charge in [0.2, 0.25) is 0 Å². The van der Waals surface area contributed by atoms with E-state index in [0.717, 1.165) is 22.8 Å². The smallest absolute Gasteiger partial charge is 0.0642 e. The number of hydrogen-bond acceptors (Lipinski definition) is 1. The molecule has 2 rings (SSSR count). The van der Waals surface area contributed by atoms with Crippen LogP contribution in [-0.2, 0) is 12.4 Å². The van der Waals surface area contributed by atoms with Gasteiger partial charge in [0, 0.05) is 19.5 Å². The first-order valence-corrected chi connectivity index (χ1v) is 7.13. The number of halogens is 2. The molecule has 0 N–H and O–H groups in total. The molecule has 0 spiro atoms. The summed E-state index contributed by atoms with van der Waals surface area (Å²) in [4.78, 5) is 2.14. The van der Waals surface area contributed by atoms with Gasteiger partial charge in [-0.3, -0.25) is 0 Å². The van der Waals surface area contributed by atoms with Crippen molar-refractivity contribution in [3.05, 3.63) is 64.2 Å². The fraction of sp³-hybridized carbons (Fsp3) is 0.250. The number of hydrogen-bond donors (Lipinski definition) is 0. The predicted octanol–water partition coefficient (Wildman–Crippen LogP) is 5.02. The Morgan fingerprint density at radius 1 is 1.05 bits per heavy atom. The molecule has 0 aliphatic carbocycles. The molecular formula is C16H17Cl2N. The van der Waals surface area contributed by atoms with Crippen molar-refractivity contribution in [3.63, 3.8) is 0 Å². The molecule has 2 aromatic carbocycles. The summed E-state index contributed by atoms with van der Waals surface area (Å²) in [6.45, 7) is 2.90. The fourth-order valence-electron chi connectivity index (χ4n) is 2.14. The molecule has 2 aromatic rings. The Morgan fingerprint density at radius 3 is 2.37 bits per heavy atom. The summed E-state index contributed by atoms with van der Waals surface area (Å²) >= 11 is 12.3. The largest absolute Gasteiger partial charge is 0.369 e. The third-order valence-electron chi connectivity index (χ3n) is 3.14. The van der Waals surface area contributed by atoms with Gasteiger partial charge < -0.3 is 4.90 Å². The van der Waals surface area contributed by atoms with Crippen LogP contribution in [0.25, 0.3) is 0 Å². The normalized spacial score (nSPS) is 10.5. The topological polar surface area (TPSA) is 3.24 Å². The molecule has 0 aliphatic rings. The highest BCUT2D eigenvalue weighted by atomic mass is 35.5. The van der Waals surface area contributed by atoms with Gasteiger partial charge in [0.25, 0.3) is 0 Å². The highest BCUT2D eigenvalue weighted by molar-refractivity contribution is 6.33. The number of anilines is 1. The zero-order chi connectivity index (χ0) is 13.8. The monoisotopic (exact) mass is 293 g/mol. The van der Waals surface area contributed by atoms with Gasteiger partial charge in [-0.05, 0) is 24.1 Å². The average Bonchev–Trinajstić information content (AvgIpc) is 2.40. The number of rotatable bonds is 4. The fourth-order valence-corrected chi connectivity index (χ4v) is 2.70. The van der Waals surface area contributed by atoms with Gasteiger partial charge in [0.1, 0.15) is 0 Å². The highest BCUT2D eigenvalue weighted by Crippen LogP contribution is 2.31. The number of aryl methyl sites for hydroxylation is 1. The second-order valence-electron chi connectivity index (χ2n) is 4.72. The molecule has 0 aliphatic heterocycles. The van der Waals surface area contributed by atoms with E-state index in [1.165, 1.54) is 11.1 Å². The molecule has 0 saturated heterocycles. The molecule has 0 radical (unpaired) electrons. The van der Waals surface area contributed by atoms with Gasteiger partial charge >= 0.3 is 0 Å². The lowest BCUT2D eigenvalue weighted by Gasteiger charge is -2.23. The molecule has 1 nitrogen and oxygen atoms in total. The Hall–Kier alpha value is -1.18. The summed E-state index contributed by atoms with van der Waals surface area (Å²) in [6, 6.07) is 14.4. The first-order chi connectivity index (χ1) is 9.11. The SMILES string of the molecule is Cc1ccc(CN(C)c2c(Cl)cccc2CCl)cc1. The minimum Gasteiger partial charge on any atom is -0.369 e. The predicted molar refractivity (Wildman–Crippen MR) is 84.3 cm³/mol. The minimum absolute atomic E-state index is 0.466. The summed E-state index contributed by atoms with van der Waals surface area (Å²) in [5.74, 6) is 0.466. The Kier molecular flexibility index (Phi) is 4.73. The van der Waals surface area contributed by atoms with Crippen LogP contribution in [-0.4, -0.2) is 7.05 Å². The molecule has 0 bridgehead atoms. The van der Waals surface area contributed by atoms with Gasteiger partial charge in [-0.1, -0.05) is 53.6 Å². The van der Waals surface area contributed by atoms with Crippen molar-refractivity contribution in [2.75, 3.05) is 11.9 Å². The van der Waals surface area contributed by atoms with E-state index in [-0.39, 0.29) is 0 Å². The van der Waals surface area contributed by atoms with Crippen molar-refractivity contribution < 1.29 is 0 Å². The summed E-state index contributed by atoms with van der Waals surface area (Å²) in [5, 5.41) is 0.743. The Balaban J connectivity index is 2.24. The molecular weight excluding hydrogens is 277 g/mol. The van der Waals surface area contributed by atoms with E-state index in [0.29, 0.717) is 5.88 Å². The number of para-hydroxylation sites is 1. The van der Waals surface area contributed by atoms with Crippen LogP contribution in [0.2, 0.25) is 5.02 Å². The minimum atomic E-state index is 0.466. The lowest BCUT2D eigenvalue weighted by atomic mass is 10.1. The maximum atomic E-state index is 6.29. The highest BCUT2D eigenvalue weighted by Gasteiger charge is 2.11. The lowest BCUT2D eigenvalue weighted by molar-refractivity contribution is 0.915. The quantitative estimate of drug-likeness (QED) is 0.715. The molecule has 0 amide bonds. The van der Waals surface area contributed by atoms with E-state index >= 15 is 0 Å². The summed E-state index contributed by atoms with van der Waals surface area (Å²) in [5.41, 5.74) is 4.60.